The largest absolute Gasteiger partial charge is 0.355 e. The number of hydrogen-bond donors (Lipinski definition) is 2. The molecule has 2 aliphatic carbocycles. The van der Waals surface area contributed by atoms with Crippen molar-refractivity contribution in [3.8, 4) is 0 Å². The molecule has 3 aliphatic rings. The lowest BCUT2D eigenvalue weighted by Gasteiger charge is -2.27. The lowest BCUT2D eigenvalue weighted by molar-refractivity contribution is -0.123. The van der Waals surface area contributed by atoms with Gasteiger partial charge in [0.05, 0.1) is 0 Å². The third-order valence-corrected chi connectivity index (χ3v) is 5.22. The molecule has 1 aliphatic heterocycles. The Hall–Kier alpha value is -1.35. The molecule has 1 aromatic rings. The Labute approximate surface area is 113 Å². The predicted molar refractivity (Wildman–Crippen MR) is 73.9 cm³/mol. The van der Waals surface area contributed by atoms with Crippen molar-refractivity contribution in [1.29, 1.82) is 0 Å². The van der Waals surface area contributed by atoms with Gasteiger partial charge in [0, 0.05) is 36.9 Å². The molecule has 1 heterocycles. The molecule has 2 N–H and O–H groups in total. The molecule has 2 fully saturated rings. The number of aryl methyl sites for hydroxylation is 1. The number of hydrogen-bond acceptors (Lipinski definition) is 2. The highest BCUT2D eigenvalue weighted by atomic mass is 16.2. The van der Waals surface area contributed by atoms with Crippen molar-refractivity contribution in [1.82, 2.24) is 10.6 Å². The van der Waals surface area contributed by atoms with Gasteiger partial charge in [-0.3, -0.25) is 4.79 Å². The fourth-order valence-electron chi connectivity index (χ4n) is 3.80. The SMILES string of the molecule is O=C(NCC1CNC1)C1CC12CCc1ccccc12. The molecular weight excluding hydrogens is 236 g/mol. The molecular formula is C16H20N2O. The summed E-state index contributed by atoms with van der Waals surface area (Å²) in [5.74, 6) is 1.15. The second kappa shape index (κ2) is 4.07. The van der Waals surface area contributed by atoms with Gasteiger partial charge >= 0.3 is 0 Å². The molecule has 4 rings (SSSR count). The molecule has 3 heteroatoms. The van der Waals surface area contributed by atoms with Crippen LogP contribution in [0.25, 0.3) is 0 Å². The monoisotopic (exact) mass is 256 g/mol. The van der Waals surface area contributed by atoms with E-state index in [1.165, 1.54) is 11.1 Å². The number of fused-ring (bicyclic) bond motifs is 2. The van der Waals surface area contributed by atoms with Crippen LogP contribution in [0.5, 0.6) is 0 Å². The first kappa shape index (κ1) is 11.5. The van der Waals surface area contributed by atoms with Gasteiger partial charge in [-0.2, -0.15) is 0 Å². The van der Waals surface area contributed by atoms with Crippen LogP contribution in [-0.4, -0.2) is 25.5 Å². The molecule has 0 bridgehead atoms. The first-order valence-electron chi connectivity index (χ1n) is 7.36. The van der Waals surface area contributed by atoms with Gasteiger partial charge in [-0.25, -0.2) is 0 Å². The molecule has 1 amide bonds. The zero-order valence-corrected chi connectivity index (χ0v) is 11.1. The maximum absolute atomic E-state index is 12.3. The van der Waals surface area contributed by atoms with Crippen molar-refractivity contribution >= 4 is 5.91 Å². The fourth-order valence-corrected chi connectivity index (χ4v) is 3.80. The minimum absolute atomic E-state index is 0.193. The average Bonchev–Trinajstić information content (AvgIpc) is 2.99. The van der Waals surface area contributed by atoms with Crippen LogP contribution in [0.2, 0.25) is 0 Å². The minimum atomic E-state index is 0.193. The van der Waals surface area contributed by atoms with Gasteiger partial charge in [0.25, 0.3) is 0 Å². The van der Waals surface area contributed by atoms with E-state index in [1.807, 2.05) is 0 Å². The van der Waals surface area contributed by atoms with Gasteiger partial charge in [-0.1, -0.05) is 24.3 Å². The second-order valence-electron chi connectivity index (χ2n) is 6.34. The van der Waals surface area contributed by atoms with Crippen LogP contribution in [0.15, 0.2) is 24.3 Å². The van der Waals surface area contributed by atoms with Crippen LogP contribution in [0, 0.1) is 11.8 Å². The topological polar surface area (TPSA) is 41.1 Å². The van der Waals surface area contributed by atoms with E-state index >= 15 is 0 Å². The standard InChI is InChI=1S/C16H20N2O/c19-15(18-10-11-8-17-9-11)14-7-16(14)6-5-12-3-1-2-4-13(12)16/h1-4,11,14,17H,5-10H2,(H,18,19). The van der Waals surface area contributed by atoms with Gasteiger partial charge in [-0.05, 0) is 30.4 Å². The van der Waals surface area contributed by atoms with Crippen molar-refractivity contribution in [2.45, 2.75) is 24.7 Å². The summed E-state index contributed by atoms with van der Waals surface area (Å²) in [6, 6.07) is 8.67. The highest BCUT2D eigenvalue weighted by molar-refractivity contribution is 5.85. The molecule has 1 saturated heterocycles. The van der Waals surface area contributed by atoms with Crippen molar-refractivity contribution in [2.75, 3.05) is 19.6 Å². The maximum Gasteiger partial charge on any atom is 0.224 e. The lowest BCUT2D eigenvalue weighted by atomic mass is 9.95. The minimum Gasteiger partial charge on any atom is -0.355 e. The molecule has 100 valence electrons. The van der Waals surface area contributed by atoms with Crippen LogP contribution >= 0.6 is 0 Å². The number of rotatable bonds is 3. The molecule has 3 nitrogen and oxygen atoms in total. The zero-order chi connectivity index (χ0) is 12.9. The van der Waals surface area contributed by atoms with Crippen molar-refractivity contribution in [3.63, 3.8) is 0 Å². The number of carbonyl (C=O) groups excluding carboxylic acids is 1. The first-order chi connectivity index (χ1) is 9.29. The van der Waals surface area contributed by atoms with E-state index in [1.54, 1.807) is 0 Å². The van der Waals surface area contributed by atoms with E-state index < -0.39 is 0 Å². The van der Waals surface area contributed by atoms with E-state index in [0.29, 0.717) is 5.92 Å². The van der Waals surface area contributed by atoms with Crippen LogP contribution in [-0.2, 0) is 16.6 Å². The third-order valence-electron chi connectivity index (χ3n) is 5.22. The van der Waals surface area contributed by atoms with E-state index in [9.17, 15) is 4.79 Å². The summed E-state index contributed by atoms with van der Waals surface area (Å²) in [4.78, 5) is 12.3. The van der Waals surface area contributed by atoms with Gasteiger partial charge < -0.3 is 10.6 Å². The summed E-state index contributed by atoms with van der Waals surface area (Å²) in [6.07, 6.45) is 3.36. The van der Waals surface area contributed by atoms with Crippen LogP contribution in [0.4, 0.5) is 0 Å². The zero-order valence-electron chi connectivity index (χ0n) is 11.1. The molecule has 0 radical (unpaired) electrons. The van der Waals surface area contributed by atoms with Crippen LogP contribution in [0.3, 0.4) is 0 Å². The quantitative estimate of drug-likeness (QED) is 0.854. The molecule has 1 aromatic carbocycles. The molecule has 0 aromatic heterocycles. The van der Waals surface area contributed by atoms with Gasteiger partial charge in [0.2, 0.25) is 5.91 Å². The van der Waals surface area contributed by atoms with Crippen molar-refractivity contribution < 1.29 is 4.79 Å². The molecule has 2 unspecified atom stereocenters. The molecule has 1 saturated carbocycles. The molecule has 2 atom stereocenters. The van der Waals surface area contributed by atoms with Crippen molar-refractivity contribution in [2.24, 2.45) is 11.8 Å². The fraction of sp³-hybridized carbons (Fsp3) is 0.562. The number of amides is 1. The summed E-state index contributed by atoms with van der Waals surface area (Å²) in [5, 5.41) is 6.39. The lowest BCUT2D eigenvalue weighted by Crippen LogP contribution is -2.48. The second-order valence-corrected chi connectivity index (χ2v) is 6.34. The van der Waals surface area contributed by atoms with E-state index in [0.717, 1.165) is 38.9 Å². The molecule has 19 heavy (non-hydrogen) atoms. The van der Waals surface area contributed by atoms with Crippen molar-refractivity contribution in [3.05, 3.63) is 35.4 Å². The number of carbonyl (C=O) groups is 1. The summed E-state index contributed by atoms with van der Waals surface area (Å²) >= 11 is 0. The van der Waals surface area contributed by atoms with Gasteiger partial charge in [0.15, 0.2) is 0 Å². The normalized spacial score (nSPS) is 31.9. The summed E-state index contributed by atoms with van der Waals surface area (Å²) < 4.78 is 0. The Balaban J connectivity index is 1.44. The Kier molecular flexibility index (Phi) is 2.46. The Bertz CT molecular complexity index is 523. The van der Waals surface area contributed by atoms with E-state index in [-0.39, 0.29) is 17.2 Å². The summed E-state index contributed by atoms with van der Waals surface area (Å²) in [5.41, 5.74) is 3.10. The maximum atomic E-state index is 12.3. The van der Waals surface area contributed by atoms with Crippen LogP contribution in [0.1, 0.15) is 24.0 Å². The van der Waals surface area contributed by atoms with Gasteiger partial charge in [0.1, 0.15) is 0 Å². The number of benzene rings is 1. The Morgan fingerprint density at radius 1 is 1.37 bits per heavy atom. The third kappa shape index (κ3) is 1.71. The number of nitrogens with one attached hydrogen (secondary N) is 2. The Morgan fingerprint density at radius 2 is 2.21 bits per heavy atom. The summed E-state index contributed by atoms with van der Waals surface area (Å²) in [6.45, 7) is 2.96. The van der Waals surface area contributed by atoms with Gasteiger partial charge in [-0.15, -0.1) is 0 Å². The Morgan fingerprint density at radius 3 is 3.00 bits per heavy atom. The highest BCUT2D eigenvalue weighted by Gasteiger charge is 2.61. The predicted octanol–water partition coefficient (Wildman–Crippen LogP) is 1.23. The van der Waals surface area contributed by atoms with E-state index in [4.69, 9.17) is 0 Å². The van der Waals surface area contributed by atoms with Crippen LogP contribution < -0.4 is 10.6 Å². The average molecular weight is 256 g/mol. The molecule has 1 spiro atoms. The first-order valence-corrected chi connectivity index (χ1v) is 7.36. The highest BCUT2D eigenvalue weighted by Crippen LogP contribution is 2.61. The van der Waals surface area contributed by atoms with E-state index in [2.05, 4.69) is 34.9 Å². The smallest absolute Gasteiger partial charge is 0.224 e. The summed E-state index contributed by atoms with van der Waals surface area (Å²) in [7, 11) is 0.